The van der Waals surface area contributed by atoms with Gasteiger partial charge in [-0.05, 0) is 12.8 Å². The number of rotatable bonds is 11. The van der Waals surface area contributed by atoms with Crippen LogP contribution in [0, 0.1) is 0 Å². The number of carboxylic acids is 2. The molecule has 1 aliphatic carbocycles. The number of carboxylic acid groups (broad SMARTS) is 2. The number of carbonyl (C=O) groups is 2. The zero-order valence-corrected chi connectivity index (χ0v) is 15.4. The Labute approximate surface area is 147 Å². The third-order valence-electron chi connectivity index (χ3n) is 4.03. The predicted octanol–water partition coefficient (Wildman–Crippen LogP) is 5.72. The van der Waals surface area contributed by atoms with Gasteiger partial charge in [-0.1, -0.05) is 77.0 Å². The van der Waals surface area contributed by atoms with Crippen LogP contribution in [0.4, 0.5) is 0 Å². The van der Waals surface area contributed by atoms with Gasteiger partial charge in [-0.15, -0.1) is 0 Å². The lowest BCUT2D eigenvalue weighted by molar-refractivity contribution is -0.138. The minimum absolute atomic E-state index is 0. The molecule has 6 heteroatoms. The third kappa shape index (κ3) is 25.8. The molecular weight excluding hydrogens is 308 g/mol. The first-order valence-corrected chi connectivity index (χ1v) is 9.06. The van der Waals surface area contributed by atoms with Crippen molar-refractivity contribution >= 4 is 11.9 Å². The van der Waals surface area contributed by atoms with E-state index < -0.39 is 11.9 Å². The summed E-state index contributed by atoms with van der Waals surface area (Å²) in [6.45, 7) is 0. The highest BCUT2D eigenvalue weighted by molar-refractivity contribution is 5.66. The normalized spacial score (nSPS) is 12.8. The molecule has 0 saturated heterocycles. The van der Waals surface area contributed by atoms with Gasteiger partial charge in [0.25, 0.3) is 0 Å². The molecule has 8 N–H and O–H groups in total. The van der Waals surface area contributed by atoms with Crippen LogP contribution in [0.25, 0.3) is 0 Å². The van der Waals surface area contributed by atoms with E-state index in [0.717, 1.165) is 51.4 Å². The Balaban J connectivity index is -0.000000464. The van der Waals surface area contributed by atoms with Gasteiger partial charge >= 0.3 is 11.9 Å². The fourth-order valence-corrected chi connectivity index (χ4v) is 2.67. The highest BCUT2D eigenvalue weighted by Gasteiger charge is 1.98. The van der Waals surface area contributed by atoms with Crippen molar-refractivity contribution in [3.8, 4) is 0 Å². The second-order valence-electron chi connectivity index (χ2n) is 6.24. The molecule has 0 heterocycles. The summed E-state index contributed by atoms with van der Waals surface area (Å²) < 4.78 is 0. The molecule has 0 aliphatic heterocycles. The van der Waals surface area contributed by atoms with Crippen LogP contribution in [-0.4, -0.2) is 22.2 Å². The smallest absolute Gasteiger partial charge is 0.303 e. The van der Waals surface area contributed by atoms with Crippen LogP contribution >= 0.6 is 0 Å². The maximum absolute atomic E-state index is 10.2. The molecule has 1 fully saturated rings. The lowest BCUT2D eigenvalue weighted by Gasteiger charge is -2.05. The van der Waals surface area contributed by atoms with E-state index in [0.29, 0.717) is 0 Å². The quantitative estimate of drug-likeness (QED) is 0.351. The van der Waals surface area contributed by atoms with E-state index in [-0.39, 0.29) is 25.1 Å². The van der Waals surface area contributed by atoms with Crippen molar-refractivity contribution in [3.63, 3.8) is 0 Å². The molecule has 1 aliphatic rings. The van der Waals surface area contributed by atoms with E-state index in [2.05, 4.69) is 0 Å². The second-order valence-corrected chi connectivity index (χ2v) is 6.24. The van der Waals surface area contributed by atoms with Crippen molar-refractivity contribution in [2.24, 2.45) is 0 Å². The Morgan fingerprint density at radius 2 is 0.708 bits per heavy atom. The van der Waals surface area contributed by atoms with Gasteiger partial charge in [0, 0.05) is 12.8 Å². The average molecular weight is 349 g/mol. The van der Waals surface area contributed by atoms with Crippen molar-refractivity contribution in [3.05, 3.63) is 0 Å². The lowest BCUT2D eigenvalue weighted by atomic mass is 10.0. The highest BCUT2D eigenvalue weighted by atomic mass is 16.4. The molecular formula is C18H40N2O4. The van der Waals surface area contributed by atoms with Gasteiger partial charge in [-0.3, -0.25) is 9.59 Å². The third-order valence-corrected chi connectivity index (χ3v) is 4.03. The van der Waals surface area contributed by atoms with Crippen molar-refractivity contribution in [1.82, 2.24) is 12.3 Å². The molecule has 6 nitrogen and oxygen atoms in total. The summed E-state index contributed by atoms with van der Waals surface area (Å²) in [6.07, 6.45) is 17.5. The van der Waals surface area contributed by atoms with Gasteiger partial charge in [-0.2, -0.15) is 0 Å². The summed E-state index contributed by atoms with van der Waals surface area (Å²) >= 11 is 0. The van der Waals surface area contributed by atoms with Gasteiger partial charge in [0.1, 0.15) is 0 Å². The first kappa shape index (κ1) is 27.7. The number of hydrogen-bond acceptors (Lipinski definition) is 4. The minimum atomic E-state index is -0.714. The summed E-state index contributed by atoms with van der Waals surface area (Å²) in [4.78, 5) is 20.4. The van der Waals surface area contributed by atoms with Crippen LogP contribution in [-0.2, 0) is 9.59 Å². The van der Waals surface area contributed by atoms with Gasteiger partial charge in [0.05, 0.1) is 0 Å². The summed E-state index contributed by atoms with van der Waals surface area (Å²) in [5.74, 6) is -1.43. The predicted molar refractivity (Wildman–Crippen MR) is 99.2 cm³/mol. The Morgan fingerprint density at radius 3 is 0.917 bits per heavy atom. The fourth-order valence-electron chi connectivity index (χ4n) is 2.67. The molecule has 0 radical (unpaired) electrons. The van der Waals surface area contributed by atoms with Crippen LogP contribution in [0.15, 0.2) is 0 Å². The second kappa shape index (κ2) is 21.9. The van der Waals surface area contributed by atoms with Crippen LogP contribution in [0.1, 0.15) is 103 Å². The van der Waals surface area contributed by atoms with E-state index in [4.69, 9.17) is 10.2 Å². The summed E-state index contributed by atoms with van der Waals surface area (Å²) in [5.41, 5.74) is 0. The Kier molecular flexibility index (Phi) is 25.2. The van der Waals surface area contributed by atoms with Crippen molar-refractivity contribution < 1.29 is 19.8 Å². The molecule has 1 saturated carbocycles. The van der Waals surface area contributed by atoms with Crippen molar-refractivity contribution in [2.75, 3.05) is 0 Å². The Hall–Kier alpha value is -1.14. The topological polar surface area (TPSA) is 145 Å². The van der Waals surface area contributed by atoms with Crippen LogP contribution in [0.2, 0.25) is 0 Å². The molecule has 24 heavy (non-hydrogen) atoms. The molecule has 1 rings (SSSR count). The zero-order valence-electron chi connectivity index (χ0n) is 15.4. The summed E-state index contributed by atoms with van der Waals surface area (Å²) in [7, 11) is 0. The van der Waals surface area contributed by atoms with Gasteiger partial charge in [0.15, 0.2) is 0 Å². The van der Waals surface area contributed by atoms with Crippen molar-refractivity contribution in [1.29, 1.82) is 0 Å². The standard InChI is InChI=1S/C12H22O4.C6H12.2H3N/c13-11(14)9-7-5-3-1-2-4-6-8-10-12(15)16;1-2-4-6-5-3-1;;/h1-10H2,(H,13,14)(H,15,16);1-6H2;2*1H3. The molecule has 0 spiro atoms. The molecule has 0 aromatic heterocycles. The largest absolute Gasteiger partial charge is 0.481 e. The van der Waals surface area contributed by atoms with E-state index >= 15 is 0 Å². The van der Waals surface area contributed by atoms with Crippen LogP contribution in [0.3, 0.4) is 0 Å². The number of unbranched alkanes of at least 4 members (excludes halogenated alkanes) is 7. The van der Waals surface area contributed by atoms with Gasteiger partial charge in [-0.25, -0.2) is 0 Å². The zero-order chi connectivity index (χ0) is 16.5. The van der Waals surface area contributed by atoms with Gasteiger partial charge < -0.3 is 22.5 Å². The maximum Gasteiger partial charge on any atom is 0.303 e. The monoisotopic (exact) mass is 348 g/mol. The Bertz CT molecular complexity index is 249. The first-order valence-electron chi connectivity index (χ1n) is 9.06. The number of hydrogen-bond donors (Lipinski definition) is 4. The SMILES string of the molecule is C1CCCCC1.N.N.O=C(O)CCCCCCCCCCC(=O)O. The highest BCUT2D eigenvalue weighted by Crippen LogP contribution is 2.15. The van der Waals surface area contributed by atoms with E-state index in [1.54, 1.807) is 0 Å². The summed E-state index contributed by atoms with van der Waals surface area (Å²) in [6, 6.07) is 0. The molecule has 0 aromatic rings. The molecule has 0 bridgehead atoms. The van der Waals surface area contributed by atoms with E-state index in [1.165, 1.54) is 38.5 Å². The van der Waals surface area contributed by atoms with E-state index in [9.17, 15) is 9.59 Å². The van der Waals surface area contributed by atoms with Crippen molar-refractivity contribution in [2.45, 2.75) is 103 Å². The minimum Gasteiger partial charge on any atom is -0.481 e. The average Bonchev–Trinajstić information content (AvgIpc) is 2.51. The van der Waals surface area contributed by atoms with Crippen LogP contribution in [0.5, 0.6) is 0 Å². The molecule has 0 unspecified atom stereocenters. The lowest BCUT2D eigenvalue weighted by Crippen LogP contribution is -1.94. The molecule has 0 aromatic carbocycles. The Morgan fingerprint density at radius 1 is 0.500 bits per heavy atom. The number of aliphatic carboxylic acids is 2. The van der Waals surface area contributed by atoms with Crippen LogP contribution < -0.4 is 12.3 Å². The van der Waals surface area contributed by atoms with E-state index in [1.807, 2.05) is 0 Å². The molecule has 146 valence electrons. The molecule has 0 atom stereocenters. The maximum atomic E-state index is 10.2. The first-order chi connectivity index (χ1) is 10.6. The summed E-state index contributed by atoms with van der Waals surface area (Å²) in [5, 5.41) is 16.8. The van der Waals surface area contributed by atoms with Gasteiger partial charge in [0.2, 0.25) is 0 Å². The molecule has 0 amide bonds. The fraction of sp³-hybridized carbons (Fsp3) is 0.889.